The normalized spacial score (nSPS) is 27.6. The number of nitrogens with one attached hydrogen (secondary N) is 1. The van der Waals surface area contributed by atoms with Gasteiger partial charge in [-0.25, -0.2) is 28.0 Å². The number of carbonyl (C=O) groups excluding carboxylic acids is 3. The van der Waals surface area contributed by atoms with Crippen LogP contribution in [0.5, 0.6) is 0 Å². The molecule has 49 heavy (non-hydrogen) atoms. The number of carboxylic acid groups (broad SMARTS) is 2. The summed E-state index contributed by atoms with van der Waals surface area (Å²) in [6.45, 7) is -0.623. The number of hydroxylamine groups is 2. The van der Waals surface area contributed by atoms with Gasteiger partial charge >= 0.3 is 33.8 Å². The summed E-state index contributed by atoms with van der Waals surface area (Å²) in [4.78, 5) is 79.2. The Morgan fingerprint density at radius 1 is 1.12 bits per heavy atom. The maximum atomic E-state index is 13.5. The van der Waals surface area contributed by atoms with Crippen LogP contribution >= 0.6 is 11.3 Å². The van der Waals surface area contributed by atoms with E-state index in [9.17, 15) is 52.8 Å². The first-order valence-electron chi connectivity index (χ1n) is 14.0. The molecule has 6 heterocycles. The fourth-order valence-corrected chi connectivity index (χ4v) is 7.42. The molecule has 0 aromatic carbocycles. The van der Waals surface area contributed by atoms with Crippen molar-refractivity contribution >= 4 is 62.1 Å². The van der Waals surface area contributed by atoms with E-state index in [1.807, 2.05) is 0 Å². The zero-order chi connectivity index (χ0) is 35.5. The van der Waals surface area contributed by atoms with Crippen molar-refractivity contribution in [2.75, 3.05) is 25.6 Å². The Hall–Kier alpha value is -5.46. The number of carboxylic acids is 2. The minimum absolute atomic E-state index is 0.00864. The van der Waals surface area contributed by atoms with E-state index in [4.69, 9.17) is 24.9 Å². The molecule has 0 saturated carbocycles. The van der Waals surface area contributed by atoms with Gasteiger partial charge in [0, 0.05) is 30.5 Å². The van der Waals surface area contributed by atoms with Crippen LogP contribution in [0.4, 0.5) is 5.13 Å². The number of aromatic nitrogens is 1. The van der Waals surface area contributed by atoms with Crippen LogP contribution in [0.15, 0.2) is 46.2 Å². The maximum Gasteiger partial charge on any atom is 0.372 e. The van der Waals surface area contributed by atoms with Crippen LogP contribution < -0.4 is 11.1 Å². The highest BCUT2D eigenvalue weighted by atomic mass is 32.2. The molecule has 5 aliphatic rings. The zero-order valence-corrected chi connectivity index (χ0v) is 26.2. The molecule has 0 aliphatic carbocycles. The third kappa shape index (κ3) is 5.52. The van der Waals surface area contributed by atoms with Gasteiger partial charge in [-0.15, -0.1) is 11.3 Å². The van der Waals surface area contributed by atoms with Gasteiger partial charge in [-0.2, -0.15) is 13.5 Å². The van der Waals surface area contributed by atoms with E-state index in [-0.39, 0.29) is 47.6 Å². The second kappa shape index (κ2) is 11.9. The number of nitrogens with two attached hydrogens (primary N) is 1. The number of cyclic esters (lactones) is 1. The monoisotopic (exact) mass is 727 g/mol. The van der Waals surface area contributed by atoms with E-state index in [1.54, 1.807) is 0 Å². The molecule has 3 saturated heterocycles. The summed E-state index contributed by atoms with van der Waals surface area (Å²) in [7, 11) is -4.65. The quantitative estimate of drug-likeness (QED) is 0.0909. The standard InChI is InChI=1S/C25H25N7O15S2/c26-23-28-13(10-48-23)17(29-47-24(21(38)39)1-3-44-4-2-24)18(35)27-12-9-45-32(19(12)36)25(22(40)41)6-14(20(37)46-25)31-7-11-5-15(33)16(34)8-30(11)49(31,42)43/h5,7-8,10,12,14,33-34H,1-4,6,9H2,(H2,26,28)(H,27,35)(H,38,39)(H,40,41)/b29-17-/t12-,14?,25?/m0/s1. The Morgan fingerprint density at radius 2 is 1.84 bits per heavy atom. The van der Waals surface area contributed by atoms with Gasteiger partial charge in [-0.3, -0.25) is 14.4 Å². The topological polar surface area (TPSA) is 310 Å². The number of amides is 2. The predicted molar refractivity (Wildman–Crippen MR) is 156 cm³/mol. The van der Waals surface area contributed by atoms with Crippen LogP contribution in [-0.4, -0.2) is 126 Å². The Kier molecular flexibility index (Phi) is 8.12. The fraction of sp³-hybridized carbons (Fsp3) is 0.400. The van der Waals surface area contributed by atoms with Crippen molar-refractivity contribution < 1.29 is 72.0 Å². The molecule has 3 fully saturated rings. The molecule has 6 rings (SSSR count). The van der Waals surface area contributed by atoms with Gasteiger partial charge < -0.3 is 45.8 Å². The van der Waals surface area contributed by atoms with Crippen molar-refractivity contribution in [2.24, 2.45) is 5.16 Å². The smallest absolute Gasteiger partial charge is 0.372 e. The number of nitrogen functional groups attached to an aromatic ring is 1. The van der Waals surface area contributed by atoms with Gasteiger partial charge in [0.05, 0.1) is 31.5 Å². The fourth-order valence-electron chi connectivity index (χ4n) is 5.35. The van der Waals surface area contributed by atoms with Crippen LogP contribution in [0.3, 0.4) is 0 Å². The number of aliphatic carboxylic acids is 2. The summed E-state index contributed by atoms with van der Waals surface area (Å²) in [5, 5.41) is 47.1. The number of thiazole rings is 1. The number of aliphatic hydroxyl groups excluding tert-OH is 2. The number of esters is 1. The van der Waals surface area contributed by atoms with Gasteiger partial charge in [0.15, 0.2) is 22.4 Å². The van der Waals surface area contributed by atoms with Crippen LogP contribution in [0, 0.1) is 0 Å². The summed E-state index contributed by atoms with van der Waals surface area (Å²) in [5.74, 6) is -8.52. The third-order valence-corrected chi connectivity index (χ3v) is 10.3. The Labute approximate surface area is 278 Å². The Bertz CT molecular complexity index is 1880. The molecular weight excluding hydrogens is 702 g/mol. The molecular formula is C25H25N7O15S2. The molecule has 1 aromatic heterocycles. The van der Waals surface area contributed by atoms with E-state index in [2.05, 4.69) is 15.5 Å². The second-order valence-corrected chi connectivity index (χ2v) is 13.5. The predicted octanol–water partition coefficient (Wildman–Crippen LogP) is -2.01. The number of oxime groups is 1. The van der Waals surface area contributed by atoms with Crippen molar-refractivity contribution in [3.63, 3.8) is 0 Å². The van der Waals surface area contributed by atoms with Crippen LogP contribution in [0.2, 0.25) is 0 Å². The van der Waals surface area contributed by atoms with Crippen LogP contribution in [-0.2, 0) is 53.3 Å². The Balaban J connectivity index is 1.23. The number of hydrogen-bond donors (Lipinski definition) is 6. The summed E-state index contributed by atoms with van der Waals surface area (Å²) in [6, 6.07) is -3.50. The molecule has 0 radical (unpaired) electrons. The molecule has 3 atom stereocenters. The van der Waals surface area contributed by atoms with Gasteiger partial charge in [0.2, 0.25) is 5.60 Å². The summed E-state index contributed by atoms with van der Waals surface area (Å²) < 4.78 is 37.6. The lowest BCUT2D eigenvalue weighted by atomic mass is 9.95. The van der Waals surface area contributed by atoms with Crippen LogP contribution in [0.25, 0.3) is 0 Å². The SMILES string of the molecule is Nc1nc(/C(=N/OC2(C(=O)O)CCOCC2)C(=O)N[C@H]2CON(C3(C(=O)O)CC(N4C=C5C=C(O)C(O)=CN5S4(=O)=O)C(=O)O3)C2=O)cs1. The molecule has 1 aromatic rings. The van der Waals surface area contributed by atoms with Gasteiger partial charge in [0.1, 0.15) is 24.4 Å². The minimum atomic E-state index is -4.65. The largest absolute Gasteiger partial charge is 0.504 e. The number of hydrogen-bond acceptors (Lipinski definition) is 17. The third-order valence-electron chi connectivity index (χ3n) is 7.95. The number of allylic oxidation sites excluding steroid dienone is 1. The molecule has 2 amide bonds. The molecule has 2 unspecified atom stereocenters. The van der Waals surface area contributed by atoms with Crippen molar-refractivity contribution in [3.05, 3.63) is 46.8 Å². The number of aliphatic hydroxyl groups is 2. The molecule has 0 bridgehead atoms. The summed E-state index contributed by atoms with van der Waals surface area (Å²) >= 11 is 0.913. The van der Waals surface area contributed by atoms with E-state index >= 15 is 0 Å². The highest BCUT2D eigenvalue weighted by Gasteiger charge is 2.65. The number of nitrogens with zero attached hydrogens (tertiary/aromatic N) is 5. The summed E-state index contributed by atoms with van der Waals surface area (Å²) in [6.07, 6.45) is 1.23. The van der Waals surface area contributed by atoms with E-state index in [0.29, 0.717) is 14.8 Å². The van der Waals surface area contributed by atoms with E-state index in [1.165, 1.54) is 5.38 Å². The lowest BCUT2D eigenvalue weighted by Crippen LogP contribution is -2.57. The highest BCUT2D eigenvalue weighted by Crippen LogP contribution is 2.41. The average Bonchev–Trinajstić information content (AvgIpc) is 3.79. The number of ether oxygens (including phenoxy) is 2. The van der Waals surface area contributed by atoms with Crippen molar-refractivity contribution in [1.29, 1.82) is 0 Å². The lowest BCUT2D eigenvalue weighted by Gasteiger charge is -2.31. The van der Waals surface area contributed by atoms with E-state index in [0.717, 1.165) is 23.6 Å². The van der Waals surface area contributed by atoms with Crippen molar-refractivity contribution in [2.45, 2.75) is 42.7 Å². The lowest BCUT2D eigenvalue weighted by molar-refractivity contribution is -0.256. The number of anilines is 1. The molecule has 7 N–H and O–H groups in total. The Morgan fingerprint density at radius 3 is 2.47 bits per heavy atom. The minimum Gasteiger partial charge on any atom is -0.504 e. The first-order valence-corrected chi connectivity index (χ1v) is 16.3. The first kappa shape index (κ1) is 33.4. The van der Waals surface area contributed by atoms with Crippen LogP contribution in [0.1, 0.15) is 25.0 Å². The van der Waals surface area contributed by atoms with Crippen molar-refractivity contribution in [1.82, 2.24) is 24.0 Å². The van der Waals surface area contributed by atoms with E-state index < -0.39 is 93.6 Å². The average molecular weight is 728 g/mol. The molecule has 22 nitrogen and oxygen atoms in total. The number of fused-ring (bicyclic) bond motifs is 1. The molecule has 0 spiro atoms. The highest BCUT2D eigenvalue weighted by molar-refractivity contribution is 7.87. The maximum absolute atomic E-state index is 13.5. The van der Waals surface area contributed by atoms with Gasteiger partial charge in [0.25, 0.3) is 11.8 Å². The van der Waals surface area contributed by atoms with Gasteiger partial charge in [-0.1, -0.05) is 5.16 Å². The zero-order valence-electron chi connectivity index (χ0n) is 24.6. The summed E-state index contributed by atoms with van der Waals surface area (Å²) in [5.41, 5.74) is 0.00245. The van der Waals surface area contributed by atoms with Crippen molar-refractivity contribution in [3.8, 4) is 0 Å². The van der Waals surface area contributed by atoms with Gasteiger partial charge in [-0.05, 0) is 0 Å². The molecule has 24 heteroatoms. The number of rotatable bonds is 9. The molecule has 262 valence electrons. The first-order chi connectivity index (χ1) is 23.1. The number of carbonyl (C=O) groups is 5. The second-order valence-electron chi connectivity index (χ2n) is 10.9. The molecule has 5 aliphatic heterocycles.